The zero-order valence-corrected chi connectivity index (χ0v) is 15.7. The van der Waals surface area contributed by atoms with E-state index in [2.05, 4.69) is 37.2 Å². The number of nitrogens with one attached hydrogen (secondary N) is 1. The van der Waals surface area contributed by atoms with Crippen LogP contribution in [0.2, 0.25) is 0 Å². The molecule has 0 fully saturated rings. The van der Waals surface area contributed by atoms with Gasteiger partial charge in [-0.2, -0.15) is 0 Å². The molecule has 0 saturated heterocycles. The summed E-state index contributed by atoms with van der Waals surface area (Å²) < 4.78 is 12.5. The number of benzene rings is 1. The van der Waals surface area contributed by atoms with Crippen LogP contribution in [-0.4, -0.2) is 38.0 Å². The zero-order chi connectivity index (χ0) is 16.8. The second kappa shape index (κ2) is 6.22. The number of ether oxygens (including phenoxy) is 2. The summed E-state index contributed by atoms with van der Waals surface area (Å²) in [5.74, 6) is -0.550. The molecule has 0 spiro atoms. The summed E-state index contributed by atoms with van der Waals surface area (Å²) in [6.07, 6.45) is 0. The van der Waals surface area contributed by atoms with Crippen molar-refractivity contribution < 1.29 is 19.1 Å². The predicted octanol–water partition coefficient (Wildman–Crippen LogP) is 2.61. The second-order valence-electron chi connectivity index (χ2n) is 5.85. The van der Waals surface area contributed by atoms with E-state index in [1.807, 2.05) is 18.2 Å². The molecule has 1 N–H and O–H groups in total. The molecule has 0 aliphatic carbocycles. The van der Waals surface area contributed by atoms with Gasteiger partial charge in [0.25, 0.3) is 0 Å². The van der Waals surface area contributed by atoms with Crippen molar-refractivity contribution in [3.05, 3.63) is 55.2 Å². The summed E-state index contributed by atoms with van der Waals surface area (Å²) in [4.78, 5) is 25.1. The fourth-order valence-electron chi connectivity index (χ4n) is 3.37. The molecule has 1 aromatic rings. The van der Waals surface area contributed by atoms with Crippen molar-refractivity contribution in [3.8, 4) is 0 Å². The molecule has 4 rings (SSSR count). The molecule has 0 saturated carbocycles. The number of carbonyl (C=O) groups excluding carboxylic acids is 2. The average molecular weight is 455 g/mol. The van der Waals surface area contributed by atoms with E-state index in [9.17, 15) is 9.59 Å². The van der Waals surface area contributed by atoms with Gasteiger partial charge in [-0.1, -0.05) is 6.07 Å². The van der Waals surface area contributed by atoms with E-state index >= 15 is 0 Å². The van der Waals surface area contributed by atoms with E-state index in [1.165, 1.54) is 0 Å². The molecule has 3 aliphatic heterocycles. The van der Waals surface area contributed by atoms with Gasteiger partial charge in [0, 0.05) is 37.4 Å². The van der Waals surface area contributed by atoms with Gasteiger partial charge >= 0.3 is 0 Å². The molecule has 5 nitrogen and oxygen atoms in total. The number of hydrogen-bond donors (Lipinski definition) is 1. The highest BCUT2D eigenvalue weighted by Crippen LogP contribution is 2.42. The van der Waals surface area contributed by atoms with Crippen molar-refractivity contribution >= 4 is 43.4 Å². The Morgan fingerprint density at radius 2 is 1.46 bits per heavy atom. The largest absolute Gasteiger partial charge is 0.367 e. The van der Waals surface area contributed by atoms with Gasteiger partial charge in [0.1, 0.15) is 13.2 Å². The third-order valence-electron chi connectivity index (χ3n) is 4.37. The lowest BCUT2D eigenvalue weighted by Crippen LogP contribution is -2.42. The predicted molar refractivity (Wildman–Crippen MR) is 93.4 cm³/mol. The van der Waals surface area contributed by atoms with Gasteiger partial charge in [-0.3, -0.25) is 9.59 Å². The minimum atomic E-state index is -0.381. The summed E-state index contributed by atoms with van der Waals surface area (Å²) in [7, 11) is 0. The summed E-state index contributed by atoms with van der Waals surface area (Å²) in [6.45, 7) is 0.754. The fourth-order valence-corrected chi connectivity index (χ4v) is 4.01. The third kappa shape index (κ3) is 2.60. The number of Topliss-reactive ketones (excluding diaryl/α,β-unsaturated/α-hetero) is 2. The van der Waals surface area contributed by atoms with Crippen LogP contribution < -0.4 is 5.32 Å². The maximum atomic E-state index is 12.5. The molecule has 3 aliphatic rings. The third-order valence-corrected chi connectivity index (χ3v) is 6.25. The maximum Gasteiger partial charge on any atom is 0.187 e. The molecule has 24 heavy (non-hydrogen) atoms. The molecule has 0 amide bonds. The topological polar surface area (TPSA) is 64.6 Å². The van der Waals surface area contributed by atoms with Gasteiger partial charge in [-0.15, -0.1) is 0 Å². The minimum absolute atomic E-state index is 0.0437. The molecule has 7 heteroatoms. The molecule has 0 unspecified atom stereocenters. The highest BCUT2D eigenvalue weighted by Gasteiger charge is 2.41. The molecular formula is C17H13Br2NO4. The highest BCUT2D eigenvalue weighted by atomic mass is 79.9. The van der Waals surface area contributed by atoms with Gasteiger partial charge < -0.3 is 14.8 Å². The van der Waals surface area contributed by atoms with Gasteiger partial charge in [0.05, 0.1) is 13.2 Å². The summed E-state index contributed by atoms with van der Waals surface area (Å²) >= 11 is 6.96. The zero-order valence-electron chi connectivity index (χ0n) is 12.5. The Bertz CT molecular complexity index is 786. The van der Waals surface area contributed by atoms with E-state index < -0.39 is 0 Å². The van der Waals surface area contributed by atoms with Crippen molar-refractivity contribution in [1.29, 1.82) is 0 Å². The number of ketones is 2. The van der Waals surface area contributed by atoms with Crippen molar-refractivity contribution in [2.24, 2.45) is 0 Å². The standard InChI is InChI=1S/C17H13Br2NO4/c18-9-2-1-8(3-10(9)19)15-16-11(4-23-6-13(16)21)20-12-5-24-7-14(22)17(12)15/h1-3,15,20H,4-7H2. The van der Waals surface area contributed by atoms with Crippen molar-refractivity contribution in [3.63, 3.8) is 0 Å². The SMILES string of the molecule is O=C1COCC2=C1C(c1ccc(Br)c(Br)c1)C1=C(COCC1=O)N2. The molecule has 124 valence electrons. The van der Waals surface area contributed by atoms with Gasteiger partial charge in [-0.25, -0.2) is 0 Å². The lowest BCUT2D eigenvalue weighted by Gasteiger charge is -2.36. The molecule has 3 heterocycles. The van der Waals surface area contributed by atoms with E-state index in [1.54, 1.807) is 0 Å². The molecule has 0 radical (unpaired) electrons. The highest BCUT2D eigenvalue weighted by molar-refractivity contribution is 9.13. The summed E-state index contributed by atoms with van der Waals surface area (Å²) in [5, 5.41) is 3.19. The van der Waals surface area contributed by atoms with Crippen LogP contribution in [0, 0.1) is 0 Å². The average Bonchev–Trinajstić information content (AvgIpc) is 2.56. The Hall–Kier alpha value is -1.28. The summed E-state index contributed by atoms with van der Waals surface area (Å²) in [6, 6.07) is 5.79. The number of hydrogen-bond acceptors (Lipinski definition) is 5. The van der Waals surface area contributed by atoms with Gasteiger partial charge in [0.15, 0.2) is 11.6 Å². The smallest absolute Gasteiger partial charge is 0.187 e. The van der Waals surface area contributed by atoms with E-state index in [-0.39, 0.29) is 30.7 Å². The number of carbonyl (C=O) groups is 2. The van der Waals surface area contributed by atoms with Crippen molar-refractivity contribution in [2.75, 3.05) is 26.4 Å². The Morgan fingerprint density at radius 3 is 2.00 bits per heavy atom. The molecular weight excluding hydrogens is 442 g/mol. The van der Waals surface area contributed by atoms with Crippen molar-refractivity contribution in [1.82, 2.24) is 5.32 Å². The summed E-state index contributed by atoms with van der Waals surface area (Å²) in [5.41, 5.74) is 3.62. The quantitative estimate of drug-likeness (QED) is 0.706. The van der Waals surface area contributed by atoms with Crippen LogP contribution in [0.4, 0.5) is 0 Å². The van der Waals surface area contributed by atoms with Gasteiger partial charge in [0.2, 0.25) is 0 Å². The molecule has 1 aromatic carbocycles. The normalized spacial score (nSPS) is 21.6. The molecule has 0 bridgehead atoms. The van der Waals surface area contributed by atoms with Crippen molar-refractivity contribution in [2.45, 2.75) is 5.92 Å². The first-order chi connectivity index (χ1) is 11.6. The Morgan fingerprint density at radius 1 is 0.875 bits per heavy atom. The maximum absolute atomic E-state index is 12.5. The van der Waals surface area contributed by atoms with Crippen LogP contribution in [0.5, 0.6) is 0 Å². The van der Waals surface area contributed by atoms with Crippen LogP contribution in [0.3, 0.4) is 0 Å². The molecule has 0 aromatic heterocycles. The van der Waals surface area contributed by atoms with Gasteiger partial charge in [-0.05, 0) is 49.6 Å². The van der Waals surface area contributed by atoms with E-state index in [4.69, 9.17) is 9.47 Å². The lowest BCUT2D eigenvalue weighted by atomic mass is 9.76. The van der Waals surface area contributed by atoms with Crippen LogP contribution in [0.1, 0.15) is 11.5 Å². The second-order valence-corrected chi connectivity index (χ2v) is 7.56. The number of dihydropyridines is 1. The Kier molecular flexibility index (Phi) is 4.20. The van der Waals surface area contributed by atoms with Crippen LogP contribution in [-0.2, 0) is 19.1 Å². The molecule has 0 atom stereocenters. The monoisotopic (exact) mass is 453 g/mol. The van der Waals surface area contributed by atoms with Crippen LogP contribution in [0.15, 0.2) is 49.7 Å². The minimum Gasteiger partial charge on any atom is -0.367 e. The Balaban J connectivity index is 1.92. The number of halogens is 2. The lowest BCUT2D eigenvalue weighted by molar-refractivity contribution is -0.122. The Labute approximate surface area is 155 Å². The first-order valence-electron chi connectivity index (χ1n) is 7.46. The van der Waals surface area contributed by atoms with E-state index in [0.29, 0.717) is 24.4 Å². The first kappa shape index (κ1) is 16.2. The fraction of sp³-hybridized carbons (Fsp3) is 0.294. The van der Waals surface area contributed by atoms with Crippen LogP contribution in [0.25, 0.3) is 0 Å². The van der Waals surface area contributed by atoms with E-state index in [0.717, 1.165) is 25.9 Å². The number of rotatable bonds is 1. The van der Waals surface area contributed by atoms with Crippen LogP contribution >= 0.6 is 31.9 Å². The first-order valence-corrected chi connectivity index (χ1v) is 9.05.